The number of ether oxygens (including phenoxy) is 1. The molecule has 0 spiro atoms. The third-order valence-corrected chi connectivity index (χ3v) is 1.93. The Hall–Kier alpha value is -0.700. The van der Waals surface area contributed by atoms with Crippen molar-refractivity contribution in [2.45, 2.75) is 11.8 Å². The zero-order valence-electron chi connectivity index (χ0n) is 6.70. The summed E-state index contributed by atoms with van der Waals surface area (Å²) < 4.78 is 5.27. The Labute approximate surface area is 71.0 Å². The summed E-state index contributed by atoms with van der Waals surface area (Å²) >= 11 is 1.67. The average molecular weight is 169 g/mol. The molecule has 1 rings (SSSR count). The van der Waals surface area contributed by atoms with Crippen LogP contribution in [0.15, 0.2) is 23.4 Å². The molecule has 0 amide bonds. The molecule has 0 aromatic carbocycles. The van der Waals surface area contributed by atoms with E-state index < -0.39 is 0 Å². The van der Waals surface area contributed by atoms with E-state index in [1.807, 2.05) is 25.4 Å². The van der Waals surface area contributed by atoms with E-state index >= 15 is 0 Å². The van der Waals surface area contributed by atoms with Crippen molar-refractivity contribution in [1.29, 1.82) is 0 Å². The standard InChI is InChI=1S/C8H11NOS/c1-3-10-7-4-8(11-2)6-9-5-7/h4-6H,3H2,1-2H3. The molecule has 0 saturated heterocycles. The second kappa shape index (κ2) is 4.23. The van der Waals surface area contributed by atoms with Crippen molar-refractivity contribution in [3.05, 3.63) is 18.5 Å². The Morgan fingerprint density at radius 1 is 1.55 bits per heavy atom. The zero-order chi connectivity index (χ0) is 8.10. The Bertz CT molecular complexity index is 227. The van der Waals surface area contributed by atoms with E-state index in [1.54, 1.807) is 18.0 Å². The lowest BCUT2D eigenvalue weighted by Gasteiger charge is -2.02. The molecular formula is C8H11NOS. The summed E-state index contributed by atoms with van der Waals surface area (Å²) in [5.41, 5.74) is 0. The minimum absolute atomic E-state index is 0.694. The molecule has 2 nitrogen and oxygen atoms in total. The van der Waals surface area contributed by atoms with Crippen LogP contribution in [0.1, 0.15) is 6.92 Å². The van der Waals surface area contributed by atoms with E-state index in [4.69, 9.17) is 4.74 Å². The Kier molecular flexibility index (Phi) is 3.23. The minimum atomic E-state index is 0.694. The molecule has 11 heavy (non-hydrogen) atoms. The number of rotatable bonds is 3. The van der Waals surface area contributed by atoms with Crippen molar-refractivity contribution >= 4 is 11.8 Å². The maximum Gasteiger partial charge on any atom is 0.138 e. The van der Waals surface area contributed by atoms with Gasteiger partial charge in [0.2, 0.25) is 0 Å². The normalized spacial score (nSPS) is 9.64. The molecule has 0 unspecified atom stereocenters. The number of hydrogen-bond acceptors (Lipinski definition) is 3. The van der Waals surface area contributed by atoms with Crippen LogP contribution in [0.25, 0.3) is 0 Å². The van der Waals surface area contributed by atoms with Crippen LogP contribution in [0.3, 0.4) is 0 Å². The van der Waals surface area contributed by atoms with Gasteiger partial charge in [-0.3, -0.25) is 4.98 Å². The molecule has 60 valence electrons. The first-order valence-electron chi connectivity index (χ1n) is 3.48. The van der Waals surface area contributed by atoms with E-state index in [1.165, 1.54) is 0 Å². The van der Waals surface area contributed by atoms with Gasteiger partial charge in [0.05, 0.1) is 12.8 Å². The second-order valence-electron chi connectivity index (χ2n) is 1.99. The molecule has 0 aliphatic rings. The highest BCUT2D eigenvalue weighted by atomic mass is 32.2. The van der Waals surface area contributed by atoms with Crippen LogP contribution < -0.4 is 4.74 Å². The fourth-order valence-corrected chi connectivity index (χ4v) is 1.16. The van der Waals surface area contributed by atoms with Crippen LogP contribution >= 0.6 is 11.8 Å². The first-order valence-corrected chi connectivity index (χ1v) is 4.71. The molecule has 0 fully saturated rings. The van der Waals surface area contributed by atoms with Crippen LogP contribution in [0, 0.1) is 0 Å². The minimum Gasteiger partial charge on any atom is -0.492 e. The van der Waals surface area contributed by atoms with Crippen LogP contribution in [-0.2, 0) is 0 Å². The molecule has 0 radical (unpaired) electrons. The van der Waals surface area contributed by atoms with E-state index in [0.717, 1.165) is 10.6 Å². The van der Waals surface area contributed by atoms with Crippen LogP contribution in [-0.4, -0.2) is 17.8 Å². The third-order valence-electron chi connectivity index (χ3n) is 1.23. The molecule has 0 aliphatic heterocycles. The first kappa shape index (κ1) is 8.40. The van der Waals surface area contributed by atoms with Crippen LogP contribution in [0.2, 0.25) is 0 Å². The van der Waals surface area contributed by atoms with Gasteiger partial charge in [0, 0.05) is 11.1 Å². The van der Waals surface area contributed by atoms with Crippen LogP contribution in [0.5, 0.6) is 5.75 Å². The van der Waals surface area contributed by atoms with Crippen molar-refractivity contribution in [2.75, 3.05) is 12.9 Å². The topological polar surface area (TPSA) is 22.1 Å². The molecule has 3 heteroatoms. The number of hydrogen-bond donors (Lipinski definition) is 0. The van der Waals surface area contributed by atoms with Crippen molar-refractivity contribution in [1.82, 2.24) is 4.98 Å². The maximum absolute atomic E-state index is 5.27. The molecule has 0 aliphatic carbocycles. The Balaban J connectivity index is 2.74. The van der Waals surface area contributed by atoms with Gasteiger partial charge in [0.1, 0.15) is 5.75 Å². The zero-order valence-corrected chi connectivity index (χ0v) is 7.52. The molecular weight excluding hydrogens is 158 g/mol. The van der Waals surface area contributed by atoms with E-state index in [-0.39, 0.29) is 0 Å². The van der Waals surface area contributed by atoms with Gasteiger partial charge in [0.15, 0.2) is 0 Å². The highest BCUT2D eigenvalue weighted by molar-refractivity contribution is 7.98. The van der Waals surface area contributed by atoms with Gasteiger partial charge >= 0.3 is 0 Å². The smallest absolute Gasteiger partial charge is 0.138 e. The lowest BCUT2D eigenvalue weighted by atomic mass is 10.5. The molecule has 0 N–H and O–H groups in total. The average Bonchev–Trinajstić information content (AvgIpc) is 2.06. The summed E-state index contributed by atoms with van der Waals surface area (Å²) in [6.45, 7) is 2.66. The van der Waals surface area contributed by atoms with E-state index in [2.05, 4.69) is 4.98 Å². The summed E-state index contributed by atoms with van der Waals surface area (Å²) in [5, 5.41) is 0. The number of nitrogens with zero attached hydrogens (tertiary/aromatic N) is 1. The van der Waals surface area contributed by atoms with Gasteiger partial charge < -0.3 is 4.74 Å². The van der Waals surface area contributed by atoms with Crippen molar-refractivity contribution in [3.8, 4) is 5.75 Å². The van der Waals surface area contributed by atoms with Gasteiger partial charge in [-0.25, -0.2) is 0 Å². The molecule has 0 bridgehead atoms. The van der Waals surface area contributed by atoms with Gasteiger partial charge in [-0.2, -0.15) is 0 Å². The third kappa shape index (κ3) is 2.42. The second-order valence-corrected chi connectivity index (χ2v) is 2.87. The van der Waals surface area contributed by atoms with Crippen molar-refractivity contribution < 1.29 is 4.74 Å². The highest BCUT2D eigenvalue weighted by Gasteiger charge is 1.93. The SMILES string of the molecule is CCOc1cncc(SC)c1. The summed E-state index contributed by atoms with van der Waals surface area (Å²) in [5.74, 6) is 0.847. The highest BCUT2D eigenvalue weighted by Crippen LogP contribution is 2.18. The van der Waals surface area contributed by atoms with Gasteiger partial charge in [-0.1, -0.05) is 0 Å². The predicted molar refractivity (Wildman–Crippen MR) is 47.2 cm³/mol. The van der Waals surface area contributed by atoms with Crippen molar-refractivity contribution in [3.63, 3.8) is 0 Å². The summed E-state index contributed by atoms with van der Waals surface area (Å²) in [6.07, 6.45) is 5.57. The van der Waals surface area contributed by atoms with Gasteiger partial charge in [-0.15, -0.1) is 11.8 Å². The first-order chi connectivity index (χ1) is 5.36. The van der Waals surface area contributed by atoms with Gasteiger partial charge in [-0.05, 0) is 19.2 Å². The molecule has 1 aromatic heterocycles. The molecule has 0 saturated carbocycles. The lowest BCUT2D eigenvalue weighted by Crippen LogP contribution is -1.91. The summed E-state index contributed by atoms with van der Waals surface area (Å²) in [7, 11) is 0. The monoisotopic (exact) mass is 169 g/mol. The number of thioether (sulfide) groups is 1. The maximum atomic E-state index is 5.27. The largest absolute Gasteiger partial charge is 0.492 e. The lowest BCUT2D eigenvalue weighted by molar-refractivity contribution is 0.338. The Morgan fingerprint density at radius 3 is 3.00 bits per heavy atom. The molecule has 1 heterocycles. The quantitative estimate of drug-likeness (QED) is 0.648. The van der Waals surface area contributed by atoms with E-state index in [0.29, 0.717) is 6.61 Å². The molecule has 1 aromatic rings. The Morgan fingerprint density at radius 2 is 2.36 bits per heavy atom. The number of aromatic nitrogens is 1. The van der Waals surface area contributed by atoms with Crippen molar-refractivity contribution in [2.24, 2.45) is 0 Å². The van der Waals surface area contributed by atoms with Gasteiger partial charge in [0.25, 0.3) is 0 Å². The number of pyridine rings is 1. The summed E-state index contributed by atoms with van der Waals surface area (Å²) in [4.78, 5) is 5.16. The van der Waals surface area contributed by atoms with E-state index in [9.17, 15) is 0 Å². The summed E-state index contributed by atoms with van der Waals surface area (Å²) in [6, 6.07) is 1.99. The fourth-order valence-electron chi connectivity index (χ4n) is 0.756. The predicted octanol–water partition coefficient (Wildman–Crippen LogP) is 2.20. The van der Waals surface area contributed by atoms with Crippen LogP contribution in [0.4, 0.5) is 0 Å². The fraction of sp³-hybridized carbons (Fsp3) is 0.375. The molecule has 0 atom stereocenters.